The molecule has 17 heavy (non-hydrogen) atoms. The number of amides is 1. The number of halogens is 2. The number of carbonyl (C=O) groups is 1. The summed E-state index contributed by atoms with van der Waals surface area (Å²) in [5.41, 5.74) is 0.0899. The smallest absolute Gasteiger partial charge is 0.256 e. The van der Waals surface area contributed by atoms with Crippen LogP contribution in [0, 0.1) is 5.82 Å². The number of rotatable bonds is 5. The van der Waals surface area contributed by atoms with Crippen molar-refractivity contribution in [2.75, 3.05) is 27.3 Å². The van der Waals surface area contributed by atoms with E-state index in [9.17, 15) is 9.18 Å². The maximum absolute atomic E-state index is 13.4. The molecule has 5 heteroatoms. The lowest BCUT2D eigenvalue weighted by Gasteiger charge is -2.20. The molecular weight excluding hydrogens is 289 g/mol. The van der Waals surface area contributed by atoms with Crippen molar-refractivity contribution in [3.05, 3.63) is 35.6 Å². The average molecular weight is 304 g/mol. The molecule has 3 nitrogen and oxygen atoms in total. The van der Waals surface area contributed by atoms with Gasteiger partial charge < -0.3 is 9.64 Å². The predicted molar refractivity (Wildman–Crippen MR) is 68.0 cm³/mol. The van der Waals surface area contributed by atoms with Gasteiger partial charge in [0.2, 0.25) is 0 Å². The van der Waals surface area contributed by atoms with Crippen LogP contribution in [0.25, 0.3) is 0 Å². The van der Waals surface area contributed by atoms with Gasteiger partial charge in [0, 0.05) is 20.7 Å². The molecule has 1 rings (SSSR count). The minimum absolute atomic E-state index is 0.0354. The van der Waals surface area contributed by atoms with Gasteiger partial charge in [-0.25, -0.2) is 4.39 Å². The molecule has 0 N–H and O–H groups in total. The van der Waals surface area contributed by atoms with Crippen LogP contribution < -0.4 is 0 Å². The van der Waals surface area contributed by atoms with E-state index in [1.54, 1.807) is 26.3 Å². The highest BCUT2D eigenvalue weighted by Crippen LogP contribution is 2.11. The van der Waals surface area contributed by atoms with E-state index in [1.165, 1.54) is 17.0 Å². The number of alkyl halides is 1. The lowest BCUT2D eigenvalue weighted by Crippen LogP contribution is -2.34. The SMILES string of the molecule is COCC(Br)CN(C)C(=O)c1ccccc1F. The lowest BCUT2D eigenvalue weighted by molar-refractivity contribution is 0.0779. The standard InChI is InChI=1S/C12H15BrFNO2/c1-15(7-9(13)8-17-2)12(16)10-5-3-4-6-11(10)14/h3-6,9H,7-8H2,1-2H3. The van der Waals surface area contributed by atoms with Crippen molar-refractivity contribution in [3.63, 3.8) is 0 Å². The molecule has 0 heterocycles. The number of hydrogen-bond acceptors (Lipinski definition) is 2. The molecule has 1 amide bonds. The minimum Gasteiger partial charge on any atom is -0.383 e. The summed E-state index contributed by atoms with van der Waals surface area (Å²) in [6, 6.07) is 5.96. The van der Waals surface area contributed by atoms with E-state index < -0.39 is 5.82 Å². The monoisotopic (exact) mass is 303 g/mol. The van der Waals surface area contributed by atoms with Gasteiger partial charge in [-0.3, -0.25) is 4.79 Å². The van der Waals surface area contributed by atoms with E-state index in [1.807, 2.05) is 0 Å². The molecule has 1 unspecified atom stereocenters. The molecule has 1 atom stereocenters. The van der Waals surface area contributed by atoms with Crippen LogP contribution in [0.1, 0.15) is 10.4 Å². The van der Waals surface area contributed by atoms with Crippen LogP contribution in [0.5, 0.6) is 0 Å². The summed E-state index contributed by atoms with van der Waals surface area (Å²) in [5.74, 6) is -0.828. The molecule has 0 aromatic heterocycles. The van der Waals surface area contributed by atoms with Crippen molar-refractivity contribution in [1.29, 1.82) is 0 Å². The molecule has 0 fully saturated rings. The summed E-state index contributed by atoms with van der Waals surface area (Å²) < 4.78 is 18.4. The van der Waals surface area contributed by atoms with E-state index in [0.29, 0.717) is 13.2 Å². The van der Waals surface area contributed by atoms with Gasteiger partial charge in [-0.15, -0.1) is 0 Å². The Labute approximate surface area is 109 Å². The third-order valence-electron chi connectivity index (χ3n) is 2.27. The number of nitrogens with zero attached hydrogens (tertiary/aromatic N) is 1. The molecule has 0 aliphatic heterocycles. The first-order valence-corrected chi connectivity index (χ1v) is 6.10. The fraction of sp³-hybridized carbons (Fsp3) is 0.417. The zero-order valence-corrected chi connectivity index (χ0v) is 11.4. The highest BCUT2D eigenvalue weighted by molar-refractivity contribution is 9.09. The van der Waals surface area contributed by atoms with Crippen molar-refractivity contribution < 1.29 is 13.9 Å². The van der Waals surface area contributed by atoms with Gasteiger partial charge in [0.25, 0.3) is 5.91 Å². The Hall–Kier alpha value is -0.940. The zero-order valence-electron chi connectivity index (χ0n) is 9.82. The summed E-state index contributed by atoms with van der Waals surface area (Å²) in [6.45, 7) is 0.954. The molecule has 0 spiro atoms. The third kappa shape index (κ3) is 4.09. The Morgan fingerprint density at radius 1 is 1.53 bits per heavy atom. The lowest BCUT2D eigenvalue weighted by atomic mass is 10.2. The molecule has 0 aliphatic carbocycles. The first kappa shape index (κ1) is 14.1. The Morgan fingerprint density at radius 2 is 2.18 bits per heavy atom. The second-order valence-corrected chi connectivity index (χ2v) is 5.01. The Morgan fingerprint density at radius 3 is 2.76 bits per heavy atom. The van der Waals surface area contributed by atoms with Crippen LogP contribution in [-0.2, 0) is 4.74 Å². The summed E-state index contributed by atoms with van der Waals surface area (Å²) in [5, 5.41) is 0. The van der Waals surface area contributed by atoms with Crippen molar-refractivity contribution >= 4 is 21.8 Å². The normalized spacial score (nSPS) is 12.2. The molecule has 1 aromatic carbocycles. The van der Waals surface area contributed by atoms with Crippen LogP contribution >= 0.6 is 15.9 Å². The zero-order chi connectivity index (χ0) is 12.8. The number of carbonyl (C=O) groups excluding carboxylic acids is 1. The predicted octanol–water partition coefficient (Wildman–Crippen LogP) is 2.31. The van der Waals surface area contributed by atoms with E-state index in [2.05, 4.69) is 15.9 Å². The molecule has 1 aromatic rings. The second kappa shape index (κ2) is 6.71. The Kier molecular flexibility index (Phi) is 5.58. The van der Waals surface area contributed by atoms with E-state index in [-0.39, 0.29) is 16.3 Å². The molecule has 0 saturated carbocycles. The van der Waals surface area contributed by atoms with Gasteiger partial charge in [0.05, 0.1) is 17.0 Å². The highest BCUT2D eigenvalue weighted by atomic mass is 79.9. The number of methoxy groups -OCH3 is 1. The molecule has 0 saturated heterocycles. The quantitative estimate of drug-likeness (QED) is 0.781. The van der Waals surface area contributed by atoms with Gasteiger partial charge >= 0.3 is 0 Å². The van der Waals surface area contributed by atoms with Gasteiger partial charge in [-0.05, 0) is 12.1 Å². The van der Waals surface area contributed by atoms with Gasteiger partial charge in [-0.1, -0.05) is 28.1 Å². The third-order valence-corrected chi connectivity index (χ3v) is 2.82. The largest absolute Gasteiger partial charge is 0.383 e. The van der Waals surface area contributed by atoms with Crippen LogP contribution in [0.4, 0.5) is 4.39 Å². The van der Waals surface area contributed by atoms with E-state index in [4.69, 9.17) is 4.74 Å². The van der Waals surface area contributed by atoms with Gasteiger partial charge in [0.15, 0.2) is 0 Å². The highest BCUT2D eigenvalue weighted by Gasteiger charge is 2.17. The molecule has 0 radical (unpaired) electrons. The summed E-state index contributed by atoms with van der Waals surface area (Å²) in [7, 11) is 3.23. The van der Waals surface area contributed by atoms with Crippen molar-refractivity contribution in [1.82, 2.24) is 4.90 Å². The topological polar surface area (TPSA) is 29.5 Å². The summed E-state index contributed by atoms with van der Waals surface area (Å²) in [6.07, 6.45) is 0. The molecule has 0 aliphatic rings. The van der Waals surface area contributed by atoms with E-state index >= 15 is 0 Å². The first-order chi connectivity index (χ1) is 8.06. The van der Waals surface area contributed by atoms with E-state index in [0.717, 1.165) is 0 Å². The number of ether oxygens (including phenoxy) is 1. The van der Waals surface area contributed by atoms with Crippen LogP contribution in [0.3, 0.4) is 0 Å². The Bertz CT molecular complexity index is 387. The molecule has 0 bridgehead atoms. The fourth-order valence-corrected chi connectivity index (χ4v) is 2.15. The van der Waals surface area contributed by atoms with Crippen LogP contribution in [0.2, 0.25) is 0 Å². The molecular formula is C12H15BrFNO2. The molecule has 94 valence electrons. The minimum atomic E-state index is -0.498. The maximum Gasteiger partial charge on any atom is 0.256 e. The number of benzene rings is 1. The van der Waals surface area contributed by atoms with Crippen molar-refractivity contribution in [3.8, 4) is 0 Å². The maximum atomic E-state index is 13.4. The fourth-order valence-electron chi connectivity index (χ4n) is 1.45. The van der Waals surface area contributed by atoms with Crippen molar-refractivity contribution in [2.45, 2.75) is 4.83 Å². The van der Waals surface area contributed by atoms with Crippen molar-refractivity contribution in [2.24, 2.45) is 0 Å². The summed E-state index contributed by atoms with van der Waals surface area (Å²) >= 11 is 3.39. The van der Waals surface area contributed by atoms with Gasteiger partial charge in [0.1, 0.15) is 5.82 Å². The van der Waals surface area contributed by atoms with Gasteiger partial charge in [-0.2, -0.15) is 0 Å². The van der Waals surface area contributed by atoms with Crippen LogP contribution in [0.15, 0.2) is 24.3 Å². The second-order valence-electron chi connectivity index (χ2n) is 3.72. The first-order valence-electron chi connectivity index (χ1n) is 5.19. The Balaban J connectivity index is 2.67. The number of hydrogen-bond donors (Lipinski definition) is 0. The van der Waals surface area contributed by atoms with Crippen LogP contribution in [-0.4, -0.2) is 42.9 Å². The average Bonchev–Trinajstić information content (AvgIpc) is 2.29. The summed E-state index contributed by atoms with van der Waals surface area (Å²) in [4.78, 5) is 13.4.